The Balaban J connectivity index is 1.90. The van der Waals surface area contributed by atoms with Gasteiger partial charge >= 0.3 is 0 Å². The highest BCUT2D eigenvalue weighted by Gasteiger charge is 2.42. The summed E-state index contributed by atoms with van der Waals surface area (Å²) in [5.41, 5.74) is 6.29. The van der Waals surface area contributed by atoms with Crippen molar-refractivity contribution in [3.05, 3.63) is 30.0 Å². The lowest BCUT2D eigenvalue weighted by atomic mass is 9.76. The highest BCUT2D eigenvalue weighted by atomic mass is 16.5. The first-order valence-electron chi connectivity index (χ1n) is 8.48. The first-order chi connectivity index (χ1) is 12.0. The van der Waals surface area contributed by atoms with Gasteiger partial charge in [0.2, 0.25) is 5.91 Å². The Bertz CT molecular complexity index is 801. The predicted octanol–water partition coefficient (Wildman–Crippen LogP) is 1.32. The Hall–Kier alpha value is -2.41. The summed E-state index contributed by atoms with van der Waals surface area (Å²) >= 11 is 0. The van der Waals surface area contributed by atoms with Gasteiger partial charge in [-0.3, -0.25) is 14.3 Å². The number of methoxy groups -OCH3 is 1. The first kappa shape index (κ1) is 17.4. The fraction of sp³-hybridized carbons (Fsp3) is 0.500. The van der Waals surface area contributed by atoms with Gasteiger partial charge in [-0.25, -0.2) is 0 Å². The maximum Gasteiger partial charge on any atom is 0.275 e. The van der Waals surface area contributed by atoms with Crippen molar-refractivity contribution in [3.63, 3.8) is 0 Å². The number of carbonyl (C=O) groups is 2. The fourth-order valence-corrected chi connectivity index (χ4v) is 3.65. The number of primary amides is 1. The molecule has 7 nitrogen and oxygen atoms in total. The van der Waals surface area contributed by atoms with E-state index in [9.17, 15) is 9.59 Å². The minimum Gasteiger partial charge on any atom is -0.385 e. The van der Waals surface area contributed by atoms with Crippen LogP contribution in [0.3, 0.4) is 0 Å². The molecule has 2 aromatic rings. The number of amides is 2. The van der Waals surface area contributed by atoms with Crippen molar-refractivity contribution in [1.82, 2.24) is 14.7 Å². The van der Waals surface area contributed by atoms with Gasteiger partial charge in [0.1, 0.15) is 0 Å². The second-order valence-corrected chi connectivity index (χ2v) is 6.71. The first-order valence-corrected chi connectivity index (χ1v) is 8.48. The van der Waals surface area contributed by atoms with Gasteiger partial charge in [0.05, 0.1) is 10.9 Å². The number of nitrogens with zero attached hydrogens (tertiary/aromatic N) is 3. The summed E-state index contributed by atoms with van der Waals surface area (Å²) in [6.45, 7) is 1.36. The summed E-state index contributed by atoms with van der Waals surface area (Å²) in [4.78, 5) is 26.9. The highest BCUT2D eigenvalue weighted by molar-refractivity contribution is 6.05. The van der Waals surface area contributed by atoms with E-state index in [1.54, 1.807) is 16.7 Å². The number of aromatic nitrogens is 2. The zero-order valence-corrected chi connectivity index (χ0v) is 14.7. The van der Waals surface area contributed by atoms with E-state index in [2.05, 4.69) is 5.10 Å². The number of carbonyl (C=O) groups excluding carboxylic acids is 2. The molecule has 0 radical (unpaired) electrons. The summed E-state index contributed by atoms with van der Waals surface area (Å²) < 4.78 is 6.84. The van der Waals surface area contributed by atoms with Crippen LogP contribution in [0, 0.1) is 5.41 Å². The van der Waals surface area contributed by atoms with Crippen LogP contribution in [0.15, 0.2) is 24.3 Å². The molecular weight excluding hydrogens is 320 g/mol. The summed E-state index contributed by atoms with van der Waals surface area (Å²) in [6, 6.07) is 7.64. The molecule has 134 valence electrons. The number of hydrogen-bond donors (Lipinski definition) is 1. The number of ether oxygens (including phenoxy) is 1. The molecule has 0 spiro atoms. The lowest BCUT2D eigenvalue weighted by Gasteiger charge is -2.40. The molecule has 1 saturated heterocycles. The molecule has 1 aromatic carbocycles. The number of benzene rings is 1. The molecular formula is C18H24N4O3. The van der Waals surface area contributed by atoms with Crippen LogP contribution in [-0.4, -0.2) is 53.3 Å². The van der Waals surface area contributed by atoms with Crippen LogP contribution >= 0.6 is 0 Å². The Kier molecular flexibility index (Phi) is 4.76. The van der Waals surface area contributed by atoms with E-state index < -0.39 is 5.41 Å². The van der Waals surface area contributed by atoms with Gasteiger partial charge in [0.15, 0.2) is 5.69 Å². The van der Waals surface area contributed by atoms with E-state index >= 15 is 0 Å². The van der Waals surface area contributed by atoms with Crippen LogP contribution in [0.2, 0.25) is 0 Å². The number of aryl methyl sites for hydroxylation is 1. The third-order valence-corrected chi connectivity index (χ3v) is 5.13. The molecule has 2 amide bonds. The number of piperidine rings is 1. The standard InChI is InChI=1S/C18H24N4O3/c1-21-14-7-4-3-6-13(14)15(20-21)16(23)22-10-5-8-18(12-22,17(19)24)9-11-25-2/h3-4,6-7H,5,8-12H2,1-2H3,(H2,19,24). The fourth-order valence-electron chi connectivity index (χ4n) is 3.65. The number of fused-ring (bicyclic) bond motifs is 1. The third kappa shape index (κ3) is 3.11. The molecule has 1 unspecified atom stereocenters. The Morgan fingerprint density at radius 3 is 2.84 bits per heavy atom. The molecule has 0 bridgehead atoms. The van der Waals surface area contributed by atoms with E-state index in [0.717, 1.165) is 17.3 Å². The minimum atomic E-state index is -0.728. The lowest BCUT2D eigenvalue weighted by molar-refractivity contribution is -0.131. The third-order valence-electron chi connectivity index (χ3n) is 5.13. The van der Waals surface area contributed by atoms with Gasteiger partial charge in [-0.15, -0.1) is 0 Å². The summed E-state index contributed by atoms with van der Waals surface area (Å²) in [5.74, 6) is -0.521. The molecule has 1 fully saturated rings. The van der Waals surface area contributed by atoms with Crippen LogP contribution in [0.25, 0.3) is 10.9 Å². The van der Waals surface area contributed by atoms with Crippen molar-refractivity contribution in [2.24, 2.45) is 18.2 Å². The average molecular weight is 344 g/mol. The molecule has 1 aliphatic rings. The van der Waals surface area contributed by atoms with Gasteiger partial charge in [0, 0.05) is 39.2 Å². The highest BCUT2D eigenvalue weighted by Crippen LogP contribution is 2.34. The Morgan fingerprint density at radius 2 is 2.12 bits per heavy atom. The molecule has 1 aromatic heterocycles. The quantitative estimate of drug-likeness (QED) is 0.885. The minimum absolute atomic E-state index is 0.153. The number of para-hydroxylation sites is 1. The number of likely N-dealkylation sites (tertiary alicyclic amines) is 1. The smallest absolute Gasteiger partial charge is 0.275 e. The molecule has 7 heteroatoms. The van der Waals surface area contributed by atoms with E-state index in [0.29, 0.717) is 38.2 Å². The number of rotatable bonds is 5. The van der Waals surface area contributed by atoms with Crippen molar-refractivity contribution in [2.45, 2.75) is 19.3 Å². The zero-order valence-electron chi connectivity index (χ0n) is 14.7. The van der Waals surface area contributed by atoms with Crippen molar-refractivity contribution < 1.29 is 14.3 Å². The average Bonchev–Trinajstić information content (AvgIpc) is 2.96. The van der Waals surface area contributed by atoms with E-state index in [1.165, 1.54) is 0 Å². The largest absolute Gasteiger partial charge is 0.385 e. The van der Waals surface area contributed by atoms with Gasteiger partial charge in [0.25, 0.3) is 5.91 Å². The molecule has 0 aliphatic carbocycles. The maximum atomic E-state index is 13.1. The normalized spacial score (nSPS) is 20.8. The Morgan fingerprint density at radius 1 is 1.36 bits per heavy atom. The van der Waals surface area contributed by atoms with Crippen molar-refractivity contribution in [1.29, 1.82) is 0 Å². The lowest BCUT2D eigenvalue weighted by Crippen LogP contribution is -2.52. The Labute approximate surface area is 146 Å². The molecule has 2 heterocycles. The molecule has 1 atom stereocenters. The van der Waals surface area contributed by atoms with Crippen LogP contribution < -0.4 is 5.73 Å². The summed E-state index contributed by atoms with van der Waals surface area (Å²) in [6.07, 6.45) is 1.94. The predicted molar refractivity (Wildman–Crippen MR) is 94.0 cm³/mol. The topological polar surface area (TPSA) is 90.4 Å². The van der Waals surface area contributed by atoms with Gasteiger partial charge < -0.3 is 15.4 Å². The van der Waals surface area contributed by atoms with Gasteiger partial charge in [-0.05, 0) is 25.3 Å². The number of hydrogen-bond acceptors (Lipinski definition) is 4. The van der Waals surface area contributed by atoms with Crippen LogP contribution in [0.1, 0.15) is 29.8 Å². The number of nitrogens with two attached hydrogens (primary N) is 1. The van der Waals surface area contributed by atoms with Crippen LogP contribution in [0.5, 0.6) is 0 Å². The molecule has 3 rings (SSSR count). The SMILES string of the molecule is COCCC1(C(N)=O)CCCN(C(=O)c2nn(C)c3ccccc23)C1. The second kappa shape index (κ2) is 6.84. The molecule has 2 N–H and O–H groups in total. The monoisotopic (exact) mass is 344 g/mol. The zero-order chi connectivity index (χ0) is 18.0. The van der Waals surface area contributed by atoms with Crippen molar-refractivity contribution >= 4 is 22.7 Å². The van der Waals surface area contributed by atoms with Gasteiger partial charge in [-0.2, -0.15) is 5.10 Å². The maximum absolute atomic E-state index is 13.1. The van der Waals surface area contributed by atoms with Crippen LogP contribution in [0.4, 0.5) is 0 Å². The second-order valence-electron chi connectivity index (χ2n) is 6.71. The van der Waals surface area contributed by atoms with E-state index in [4.69, 9.17) is 10.5 Å². The van der Waals surface area contributed by atoms with Crippen LogP contribution in [-0.2, 0) is 16.6 Å². The summed E-state index contributed by atoms with van der Waals surface area (Å²) in [5, 5.41) is 5.23. The summed E-state index contributed by atoms with van der Waals surface area (Å²) in [7, 11) is 3.42. The molecule has 1 aliphatic heterocycles. The van der Waals surface area contributed by atoms with E-state index in [1.807, 2.05) is 31.3 Å². The van der Waals surface area contributed by atoms with Gasteiger partial charge in [-0.1, -0.05) is 18.2 Å². The molecule has 25 heavy (non-hydrogen) atoms. The van der Waals surface area contributed by atoms with Crippen molar-refractivity contribution in [3.8, 4) is 0 Å². The molecule has 0 saturated carbocycles. The van der Waals surface area contributed by atoms with E-state index in [-0.39, 0.29) is 11.8 Å². The van der Waals surface area contributed by atoms with Crippen molar-refractivity contribution in [2.75, 3.05) is 26.8 Å².